The number of nitrogens with zero attached hydrogens (tertiary/aromatic N) is 3. The second-order valence-corrected chi connectivity index (χ2v) is 8.19. The largest absolute Gasteiger partial charge is 0.486 e. The molecule has 0 fully saturated rings. The quantitative estimate of drug-likeness (QED) is 0.505. The van der Waals surface area contributed by atoms with E-state index in [0.717, 1.165) is 11.3 Å². The molecule has 2 N–H and O–H groups in total. The highest BCUT2D eigenvalue weighted by molar-refractivity contribution is 7.98. The van der Waals surface area contributed by atoms with Gasteiger partial charge in [-0.1, -0.05) is 56.8 Å². The minimum absolute atomic E-state index is 0.101. The van der Waals surface area contributed by atoms with Crippen molar-refractivity contribution in [1.29, 1.82) is 0 Å². The molecule has 2 aromatic carbocycles. The van der Waals surface area contributed by atoms with E-state index in [1.165, 1.54) is 34.1 Å². The van der Waals surface area contributed by atoms with Crippen LogP contribution < -0.4 is 10.6 Å². The van der Waals surface area contributed by atoms with Gasteiger partial charge in [0.1, 0.15) is 18.2 Å². The number of hydrogen-bond donors (Lipinski definition) is 1. The smallest absolute Gasteiger partial charge is 0.210 e. The van der Waals surface area contributed by atoms with Crippen LogP contribution in [-0.4, -0.2) is 14.9 Å². The average Bonchev–Trinajstić information content (AvgIpc) is 2.98. The first-order valence-electron chi connectivity index (χ1n) is 8.63. The Morgan fingerprint density at radius 3 is 2.52 bits per heavy atom. The highest BCUT2D eigenvalue weighted by Gasteiger charge is 2.14. The Kier molecular flexibility index (Phi) is 5.70. The van der Waals surface area contributed by atoms with Gasteiger partial charge in [0, 0.05) is 5.75 Å². The molecule has 0 bridgehead atoms. The lowest BCUT2D eigenvalue weighted by atomic mass is 9.87. The Bertz CT molecular complexity index is 903. The molecular formula is C20H23FN4OS. The summed E-state index contributed by atoms with van der Waals surface area (Å²) >= 11 is 1.40. The number of halogens is 1. The molecular weight excluding hydrogens is 363 g/mol. The minimum atomic E-state index is -0.256. The maximum atomic E-state index is 13.2. The molecule has 7 heteroatoms. The lowest BCUT2D eigenvalue weighted by molar-refractivity contribution is 0.291. The Morgan fingerprint density at radius 1 is 1.11 bits per heavy atom. The summed E-state index contributed by atoms with van der Waals surface area (Å²) in [6.07, 6.45) is 0. The van der Waals surface area contributed by atoms with Gasteiger partial charge >= 0.3 is 0 Å². The third-order valence-corrected chi connectivity index (χ3v) is 5.09. The van der Waals surface area contributed by atoms with E-state index in [4.69, 9.17) is 10.6 Å². The fraction of sp³-hybridized carbons (Fsp3) is 0.300. The van der Waals surface area contributed by atoms with Gasteiger partial charge in [-0.15, -0.1) is 10.2 Å². The molecule has 0 aliphatic heterocycles. The van der Waals surface area contributed by atoms with Crippen LogP contribution >= 0.6 is 11.8 Å². The molecule has 3 aromatic rings. The highest BCUT2D eigenvalue weighted by Crippen LogP contribution is 2.25. The van der Waals surface area contributed by atoms with Crippen molar-refractivity contribution in [3.63, 3.8) is 0 Å². The molecule has 1 aromatic heterocycles. The summed E-state index contributed by atoms with van der Waals surface area (Å²) in [5, 5.41) is 8.73. The molecule has 1 heterocycles. The molecule has 0 spiro atoms. The molecule has 0 aliphatic rings. The topological polar surface area (TPSA) is 66.0 Å². The SMILES string of the molecule is CC(C)(C)c1ccc(OCc2nnc(SCc3cccc(F)c3)n2N)cc1. The summed E-state index contributed by atoms with van der Waals surface area (Å²) < 4.78 is 20.4. The lowest BCUT2D eigenvalue weighted by Gasteiger charge is -2.19. The van der Waals surface area contributed by atoms with E-state index in [0.29, 0.717) is 16.7 Å². The molecule has 5 nitrogen and oxygen atoms in total. The predicted octanol–water partition coefficient (Wildman–Crippen LogP) is 4.30. The number of hydrogen-bond acceptors (Lipinski definition) is 5. The van der Waals surface area contributed by atoms with Gasteiger partial charge < -0.3 is 10.6 Å². The second kappa shape index (κ2) is 8.00. The van der Waals surface area contributed by atoms with Crippen LogP contribution in [0.3, 0.4) is 0 Å². The van der Waals surface area contributed by atoms with Crippen LogP contribution in [0.4, 0.5) is 4.39 Å². The zero-order valence-corrected chi connectivity index (χ0v) is 16.5. The van der Waals surface area contributed by atoms with Gasteiger partial charge in [-0.3, -0.25) is 0 Å². The van der Waals surface area contributed by atoms with Crippen LogP contribution in [0.1, 0.15) is 37.7 Å². The van der Waals surface area contributed by atoms with Gasteiger partial charge in [-0.05, 0) is 40.8 Å². The van der Waals surface area contributed by atoms with Gasteiger partial charge in [-0.25, -0.2) is 9.07 Å². The fourth-order valence-electron chi connectivity index (χ4n) is 2.48. The molecule has 0 atom stereocenters. The Labute approximate surface area is 162 Å². The maximum absolute atomic E-state index is 13.2. The van der Waals surface area contributed by atoms with Crippen molar-refractivity contribution in [3.05, 3.63) is 71.3 Å². The van der Waals surface area contributed by atoms with E-state index in [1.54, 1.807) is 6.07 Å². The summed E-state index contributed by atoms with van der Waals surface area (Å²) in [4.78, 5) is 0. The lowest BCUT2D eigenvalue weighted by Crippen LogP contribution is -2.16. The van der Waals surface area contributed by atoms with E-state index in [-0.39, 0.29) is 17.8 Å². The van der Waals surface area contributed by atoms with Crippen LogP contribution in [-0.2, 0) is 17.8 Å². The molecule has 0 amide bonds. The molecule has 0 radical (unpaired) electrons. The Hall–Kier alpha value is -2.54. The van der Waals surface area contributed by atoms with Crippen LogP contribution in [0.5, 0.6) is 5.75 Å². The molecule has 142 valence electrons. The van der Waals surface area contributed by atoms with Gasteiger partial charge in [0.05, 0.1) is 0 Å². The summed E-state index contributed by atoms with van der Waals surface area (Å²) in [7, 11) is 0. The van der Waals surface area contributed by atoms with Crippen molar-refractivity contribution in [2.24, 2.45) is 0 Å². The van der Waals surface area contributed by atoms with Crippen molar-refractivity contribution in [2.45, 2.75) is 43.7 Å². The monoisotopic (exact) mass is 386 g/mol. The number of rotatable bonds is 6. The van der Waals surface area contributed by atoms with Gasteiger partial charge in [0.2, 0.25) is 5.16 Å². The van der Waals surface area contributed by atoms with E-state index in [1.807, 2.05) is 18.2 Å². The zero-order chi connectivity index (χ0) is 19.4. The van der Waals surface area contributed by atoms with Crippen molar-refractivity contribution in [2.75, 3.05) is 5.84 Å². The zero-order valence-electron chi connectivity index (χ0n) is 15.6. The van der Waals surface area contributed by atoms with E-state index < -0.39 is 0 Å². The number of nitrogens with two attached hydrogens (primary N) is 1. The third kappa shape index (κ3) is 5.01. The summed E-state index contributed by atoms with van der Waals surface area (Å²) in [5.41, 5.74) is 2.21. The van der Waals surface area contributed by atoms with Crippen LogP contribution in [0.25, 0.3) is 0 Å². The van der Waals surface area contributed by atoms with Gasteiger partial charge in [0.15, 0.2) is 5.82 Å². The summed E-state index contributed by atoms with van der Waals surface area (Å²) in [6, 6.07) is 14.5. The van der Waals surface area contributed by atoms with Crippen LogP contribution in [0.2, 0.25) is 0 Å². The van der Waals surface area contributed by atoms with Crippen molar-refractivity contribution in [1.82, 2.24) is 14.9 Å². The average molecular weight is 386 g/mol. The normalized spacial score (nSPS) is 11.6. The molecule has 0 saturated carbocycles. The number of nitrogen functional groups attached to an aromatic ring is 1. The van der Waals surface area contributed by atoms with Crippen LogP contribution in [0, 0.1) is 5.82 Å². The van der Waals surface area contributed by atoms with E-state index in [9.17, 15) is 4.39 Å². The predicted molar refractivity (Wildman–Crippen MR) is 106 cm³/mol. The van der Waals surface area contributed by atoms with Crippen molar-refractivity contribution in [3.8, 4) is 5.75 Å². The number of benzene rings is 2. The number of ether oxygens (including phenoxy) is 1. The highest BCUT2D eigenvalue weighted by atomic mass is 32.2. The van der Waals surface area contributed by atoms with Gasteiger partial charge in [0.25, 0.3) is 0 Å². The van der Waals surface area contributed by atoms with Crippen molar-refractivity contribution < 1.29 is 9.13 Å². The summed E-state index contributed by atoms with van der Waals surface area (Å²) in [6.45, 7) is 6.73. The van der Waals surface area contributed by atoms with E-state index in [2.05, 4.69) is 43.1 Å². The Balaban J connectivity index is 1.58. The molecule has 0 aliphatic carbocycles. The first-order chi connectivity index (χ1) is 12.8. The Morgan fingerprint density at radius 2 is 1.85 bits per heavy atom. The number of thioether (sulfide) groups is 1. The maximum Gasteiger partial charge on any atom is 0.210 e. The molecule has 3 rings (SSSR count). The summed E-state index contributed by atoms with van der Waals surface area (Å²) in [5.74, 6) is 7.64. The van der Waals surface area contributed by atoms with Crippen molar-refractivity contribution >= 4 is 11.8 Å². The molecule has 0 saturated heterocycles. The van der Waals surface area contributed by atoms with E-state index >= 15 is 0 Å². The molecule has 0 unspecified atom stereocenters. The minimum Gasteiger partial charge on any atom is -0.486 e. The third-order valence-electron chi connectivity index (χ3n) is 4.08. The number of aromatic nitrogens is 3. The van der Waals surface area contributed by atoms with Crippen LogP contribution in [0.15, 0.2) is 53.7 Å². The van der Waals surface area contributed by atoms with Gasteiger partial charge in [-0.2, -0.15) is 0 Å². The second-order valence-electron chi connectivity index (χ2n) is 7.25. The first-order valence-corrected chi connectivity index (χ1v) is 9.61. The standard InChI is InChI=1S/C20H23FN4OS/c1-20(2,3)15-7-9-17(10-8-15)26-12-18-23-24-19(25(18)22)27-13-14-5-4-6-16(21)11-14/h4-11H,12-13,22H2,1-3H3. The fourth-order valence-corrected chi connectivity index (χ4v) is 3.30. The molecule has 27 heavy (non-hydrogen) atoms. The first kappa shape index (κ1) is 19.2.